The maximum atomic E-state index is 12.8. The molecular weight excluding hydrogens is 338 g/mol. The summed E-state index contributed by atoms with van der Waals surface area (Å²) in [6.45, 7) is 2.92. The molecule has 1 amide bonds. The fourth-order valence-corrected chi connectivity index (χ4v) is 2.76. The van der Waals surface area contributed by atoms with Crippen LogP contribution >= 0.6 is 0 Å². The molecule has 0 N–H and O–H groups in total. The van der Waals surface area contributed by atoms with Gasteiger partial charge >= 0.3 is 0 Å². The Labute approximate surface area is 159 Å². The average Bonchev–Trinajstić information content (AvgIpc) is 3.20. The second kappa shape index (κ2) is 9.43. The standard InChI is InChI=1S/C23H23NO3/c1-19(15-20-9-4-2-5-10-20)16-24(17-22-13-8-14-26-22)23(25)18-27-21-11-6-3-7-12-21/h2-15H,16-18H2,1H3/b19-15+. The summed E-state index contributed by atoms with van der Waals surface area (Å²) >= 11 is 0. The lowest BCUT2D eigenvalue weighted by Gasteiger charge is -2.22. The number of para-hydroxylation sites is 1. The molecule has 2 aromatic carbocycles. The number of carbonyl (C=O) groups is 1. The van der Waals surface area contributed by atoms with Gasteiger partial charge < -0.3 is 14.1 Å². The Morgan fingerprint density at radius 3 is 2.37 bits per heavy atom. The lowest BCUT2D eigenvalue weighted by Crippen LogP contribution is -2.35. The summed E-state index contributed by atoms with van der Waals surface area (Å²) in [6, 6.07) is 23.1. The topological polar surface area (TPSA) is 42.7 Å². The molecule has 4 heteroatoms. The van der Waals surface area contributed by atoms with Gasteiger partial charge in [0.1, 0.15) is 11.5 Å². The Kier molecular flexibility index (Phi) is 6.47. The van der Waals surface area contributed by atoms with Crippen molar-refractivity contribution in [1.29, 1.82) is 0 Å². The zero-order valence-electron chi connectivity index (χ0n) is 15.4. The molecule has 0 unspecified atom stereocenters. The van der Waals surface area contributed by atoms with E-state index in [0.717, 1.165) is 16.9 Å². The molecule has 0 spiro atoms. The summed E-state index contributed by atoms with van der Waals surface area (Å²) < 4.78 is 11.0. The zero-order chi connectivity index (χ0) is 18.9. The second-order valence-corrected chi connectivity index (χ2v) is 6.33. The van der Waals surface area contributed by atoms with Crippen molar-refractivity contribution in [2.45, 2.75) is 13.5 Å². The van der Waals surface area contributed by atoms with Crippen LogP contribution in [-0.4, -0.2) is 24.0 Å². The maximum Gasteiger partial charge on any atom is 0.261 e. The third kappa shape index (κ3) is 5.89. The van der Waals surface area contributed by atoms with Crippen LogP contribution in [0.5, 0.6) is 5.75 Å². The lowest BCUT2D eigenvalue weighted by molar-refractivity contribution is -0.133. The number of amides is 1. The number of hydrogen-bond acceptors (Lipinski definition) is 3. The van der Waals surface area contributed by atoms with Gasteiger partial charge in [0.25, 0.3) is 5.91 Å². The molecule has 0 aliphatic carbocycles. The van der Waals surface area contributed by atoms with E-state index in [1.54, 1.807) is 11.2 Å². The number of ether oxygens (including phenoxy) is 1. The highest BCUT2D eigenvalue weighted by Gasteiger charge is 2.16. The van der Waals surface area contributed by atoms with Crippen molar-refractivity contribution in [2.24, 2.45) is 0 Å². The summed E-state index contributed by atoms with van der Waals surface area (Å²) in [6.07, 6.45) is 3.70. The molecule has 3 aromatic rings. The van der Waals surface area contributed by atoms with E-state index in [-0.39, 0.29) is 12.5 Å². The predicted molar refractivity (Wildman–Crippen MR) is 106 cm³/mol. The van der Waals surface area contributed by atoms with E-state index >= 15 is 0 Å². The fourth-order valence-electron chi connectivity index (χ4n) is 2.76. The van der Waals surface area contributed by atoms with Gasteiger partial charge in [0.2, 0.25) is 0 Å². The molecule has 1 heterocycles. The summed E-state index contributed by atoms with van der Waals surface area (Å²) in [5.41, 5.74) is 2.20. The first-order valence-corrected chi connectivity index (χ1v) is 8.91. The van der Waals surface area contributed by atoms with Crippen LogP contribution in [0.2, 0.25) is 0 Å². The molecule has 3 rings (SSSR count). The smallest absolute Gasteiger partial charge is 0.261 e. The number of nitrogens with zero attached hydrogens (tertiary/aromatic N) is 1. The van der Waals surface area contributed by atoms with Crippen LogP contribution in [0, 0.1) is 0 Å². The first-order chi connectivity index (χ1) is 13.2. The number of benzene rings is 2. The Morgan fingerprint density at radius 1 is 1.00 bits per heavy atom. The molecule has 4 nitrogen and oxygen atoms in total. The van der Waals surface area contributed by atoms with Gasteiger partial charge in [-0.3, -0.25) is 4.79 Å². The van der Waals surface area contributed by atoms with Crippen LogP contribution in [0.4, 0.5) is 0 Å². The van der Waals surface area contributed by atoms with Crippen LogP contribution in [0.25, 0.3) is 6.08 Å². The van der Waals surface area contributed by atoms with E-state index < -0.39 is 0 Å². The molecule has 0 saturated heterocycles. The minimum absolute atomic E-state index is 0.0106. The molecule has 27 heavy (non-hydrogen) atoms. The van der Waals surface area contributed by atoms with Crippen molar-refractivity contribution < 1.29 is 13.9 Å². The second-order valence-electron chi connectivity index (χ2n) is 6.33. The van der Waals surface area contributed by atoms with Crippen LogP contribution < -0.4 is 4.74 Å². The Balaban J connectivity index is 1.68. The number of carbonyl (C=O) groups excluding carboxylic acids is 1. The van der Waals surface area contributed by atoms with Crippen molar-refractivity contribution in [3.8, 4) is 5.75 Å². The van der Waals surface area contributed by atoms with Gasteiger partial charge in [0.05, 0.1) is 12.8 Å². The van der Waals surface area contributed by atoms with Gasteiger partial charge in [-0.05, 0) is 36.8 Å². The SMILES string of the molecule is C/C(=C\c1ccccc1)CN(Cc1ccco1)C(=O)COc1ccccc1. The number of hydrogen-bond donors (Lipinski definition) is 0. The van der Waals surface area contributed by atoms with E-state index in [1.807, 2.05) is 79.7 Å². The molecule has 0 aliphatic rings. The molecule has 138 valence electrons. The number of furan rings is 1. The normalized spacial score (nSPS) is 11.2. The van der Waals surface area contributed by atoms with Crippen molar-refractivity contribution in [2.75, 3.05) is 13.2 Å². The average molecular weight is 361 g/mol. The van der Waals surface area contributed by atoms with E-state index in [1.165, 1.54) is 0 Å². The molecule has 0 radical (unpaired) electrons. The van der Waals surface area contributed by atoms with Crippen LogP contribution in [0.15, 0.2) is 89.0 Å². The minimum atomic E-state index is -0.0870. The third-order valence-electron chi connectivity index (χ3n) is 4.04. The number of rotatable bonds is 8. The predicted octanol–water partition coefficient (Wildman–Crippen LogP) is 4.79. The first kappa shape index (κ1) is 18.5. The van der Waals surface area contributed by atoms with Gasteiger partial charge in [0.15, 0.2) is 6.61 Å². The summed E-state index contributed by atoms with van der Waals surface area (Å²) in [5.74, 6) is 1.34. The molecule has 0 aliphatic heterocycles. The molecule has 0 fully saturated rings. The largest absolute Gasteiger partial charge is 0.484 e. The minimum Gasteiger partial charge on any atom is -0.484 e. The van der Waals surface area contributed by atoms with E-state index in [4.69, 9.17) is 9.15 Å². The van der Waals surface area contributed by atoms with Crippen LogP contribution in [-0.2, 0) is 11.3 Å². The molecule has 0 atom stereocenters. The van der Waals surface area contributed by atoms with E-state index in [0.29, 0.717) is 18.8 Å². The zero-order valence-corrected chi connectivity index (χ0v) is 15.4. The molecule has 0 bridgehead atoms. The quantitative estimate of drug-likeness (QED) is 0.579. The molecule has 0 saturated carbocycles. The molecular formula is C23H23NO3. The van der Waals surface area contributed by atoms with Gasteiger partial charge in [-0.25, -0.2) is 0 Å². The Morgan fingerprint density at radius 2 is 1.70 bits per heavy atom. The van der Waals surface area contributed by atoms with Crippen molar-refractivity contribution in [3.63, 3.8) is 0 Å². The van der Waals surface area contributed by atoms with Crippen molar-refractivity contribution in [3.05, 3.63) is 96.0 Å². The van der Waals surface area contributed by atoms with Crippen LogP contribution in [0.3, 0.4) is 0 Å². The summed E-state index contributed by atoms with van der Waals surface area (Å²) in [7, 11) is 0. The van der Waals surface area contributed by atoms with Crippen molar-refractivity contribution >= 4 is 12.0 Å². The van der Waals surface area contributed by atoms with E-state index in [2.05, 4.69) is 6.08 Å². The Hall–Kier alpha value is -3.27. The maximum absolute atomic E-state index is 12.8. The highest BCUT2D eigenvalue weighted by atomic mass is 16.5. The van der Waals surface area contributed by atoms with E-state index in [9.17, 15) is 4.79 Å². The highest BCUT2D eigenvalue weighted by Crippen LogP contribution is 2.13. The van der Waals surface area contributed by atoms with Gasteiger partial charge in [-0.15, -0.1) is 0 Å². The van der Waals surface area contributed by atoms with Gasteiger partial charge in [0, 0.05) is 6.54 Å². The summed E-state index contributed by atoms with van der Waals surface area (Å²) in [5, 5.41) is 0. The highest BCUT2D eigenvalue weighted by molar-refractivity contribution is 5.78. The van der Waals surface area contributed by atoms with Crippen molar-refractivity contribution in [1.82, 2.24) is 4.90 Å². The van der Waals surface area contributed by atoms with Gasteiger partial charge in [-0.1, -0.05) is 60.2 Å². The fraction of sp³-hybridized carbons (Fsp3) is 0.174. The monoisotopic (exact) mass is 361 g/mol. The summed E-state index contributed by atoms with van der Waals surface area (Å²) in [4.78, 5) is 14.5. The lowest BCUT2D eigenvalue weighted by atomic mass is 10.1. The third-order valence-corrected chi connectivity index (χ3v) is 4.04. The Bertz CT molecular complexity index is 855. The van der Waals surface area contributed by atoms with Crippen LogP contribution in [0.1, 0.15) is 18.2 Å². The molecule has 1 aromatic heterocycles. The van der Waals surface area contributed by atoms with Gasteiger partial charge in [-0.2, -0.15) is 0 Å². The first-order valence-electron chi connectivity index (χ1n) is 8.91.